The van der Waals surface area contributed by atoms with E-state index in [-0.39, 0.29) is 37.4 Å². The minimum Gasteiger partial charge on any atom is -0.396 e. The molecule has 0 aliphatic carbocycles. The Morgan fingerprint density at radius 3 is 2.26 bits per heavy atom. The largest absolute Gasteiger partial charge is 0.396 e. The third-order valence-electron chi connectivity index (χ3n) is 8.74. The zero-order valence-electron chi connectivity index (χ0n) is 23.7. The third kappa shape index (κ3) is 5.27. The summed E-state index contributed by atoms with van der Waals surface area (Å²) in [5.41, 5.74) is 0.245. The molecule has 8 nitrogen and oxygen atoms in total. The molecule has 222 valence electrons. The van der Waals surface area contributed by atoms with E-state index in [1.54, 1.807) is 51.1 Å². The first-order valence-electron chi connectivity index (χ1n) is 14.6. The molecule has 3 fully saturated rings. The average Bonchev–Trinajstić information content (AvgIpc) is 3.64. The van der Waals surface area contributed by atoms with Crippen LogP contribution in [0.4, 0.5) is 11.4 Å². The molecule has 2 aromatic carbocycles. The van der Waals surface area contributed by atoms with Crippen LogP contribution in [0.15, 0.2) is 79.9 Å². The van der Waals surface area contributed by atoms with Gasteiger partial charge in [-0.05, 0) is 68.5 Å². The summed E-state index contributed by atoms with van der Waals surface area (Å²) < 4.78 is 6.66. The van der Waals surface area contributed by atoms with Crippen molar-refractivity contribution < 1.29 is 24.2 Å². The van der Waals surface area contributed by atoms with Gasteiger partial charge in [0.25, 0.3) is 5.91 Å². The summed E-state index contributed by atoms with van der Waals surface area (Å²) in [6.07, 6.45) is 5.89. The third-order valence-corrected chi connectivity index (χ3v) is 8.99. The number of unbranched alkanes of at least 4 members (excludes halogenated alkanes) is 2. The lowest BCUT2D eigenvalue weighted by molar-refractivity contribution is -0.140. The maximum atomic E-state index is 14.5. The van der Waals surface area contributed by atoms with Crippen molar-refractivity contribution in [1.29, 1.82) is 0 Å². The Morgan fingerprint density at radius 2 is 1.62 bits per heavy atom. The fourth-order valence-corrected chi connectivity index (χ4v) is 7.11. The smallest absolute Gasteiger partial charge is 0.253 e. The summed E-state index contributed by atoms with van der Waals surface area (Å²) in [5, 5.41) is 9.85. The van der Waals surface area contributed by atoms with Gasteiger partial charge in [-0.25, -0.2) is 0 Å². The van der Waals surface area contributed by atoms with E-state index < -0.39 is 29.6 Å². The number of fused-ring (bicyclic) bond motifs is 1. The number of rotatable bonds is 13. The van der Waals surface area contributed by atoms with E-state index in [0.29, 0.717) is 49.4 Å². The number of amides is 3. The molecule has 2 bridgehead atoms. The van der Waals surface area contributed by atoms with E-state index in [2.05, 4.69) is 13.2 Å². The van der Waals surface area contributed by atoms with Gasteiger partial charge in [0.05, 0.1) is 17.9 Å². The fourth-order valence-electron chi connectivity index (χ4n) is 6.99. The van der Waals surface area contributed by atoms with Gasteiger partial charge in [-0.15, -0.1) is 13.2 Å². The summed E-state index contributed by atoms with van der Waals surface area (Å²) >= 11 is 6.13. The van der Waals surface area contributed by atoms with Gasteiger partial charge in [0.2, 0.25) is 11.8 Å². The molecule has 2 unspecified atom stereocenters. The van der Waals surface area contributed by atoms with Crippen LogP contribution in [0.3, 0.4) is 0 Å². The molecule has 3 heterocycles. The highest BCUT2D eigenvalue weighted by Crippen LogP contribution is 2.59. The van der Waals surface area contributed by atoms with Gasteiger partial charge in [0.1, 0.15) is 11.6 Å². The molecular weight excluding hydrogens is 554 g/mol. The molecule has 3 amide bonds. The Kier molecular flexibility index (Phi) is 9.16. The van der Waals surface area contributed by atoms with E-state index in [9.17, 15) is 19.5 Å². The number of aliphatic hydroxyl groups excluding tert-OH is 1. The molecule has 2 aromatic rings. The minimum absolute atomic E-state index is 0.0620. The van der Waals surface area contributed by atoms with Crippen molar-refractivity contribution in [3.05, 3.63) is 84.9 Å². The summed E-state index contributed by atoms with van der Waals surface area (Å²) in [6.45, 7) is 8.62. The summed E-state index contributed by atoms with van der Waals surface area (Å²) in [7, 11) is 0. The quantitative estimate of drug-likeness (QED) is 0.271. The van der Waals surface area contributed by atoms with Crippen LogP contribution in [0, 0.1) is 11.8 Å². The molecule has 5 rings (SSSR count). The highest BCUT2D eigenvalue weighted by atomic mass is 35.5. The lowest BCUT2D eigenvalue weighted by Crippen LogP contribution is -2.56. The Balaban J connectivity index is 1.53. The van der Waals surface area contributed by atoms with Crippen molar-refractivity contribution >= 4 is 40.7 Å². The summed E-state index contributed by atoms with van der Waals surface area (Å²) in [5.74, 6) is -2.18. The van der Waals surface area contributed by atoms with Crippen LogP contribution in [-0.4, -0.2) is 71.7 Å². The Bertz CT molecular complexity index is 1320. The number of benzene rings is 2. The van der Waals surface area contributed by atoms with Gasteiger partial charge in [-0.3, -0.25) is 14.4 Å². The van der Waals surface area contributed by atoms with E-state index in [4.69, 9.17) is 16.3 Å². The van der Waals surface area contributed by atoms with E-state index in [1.165, 1.54) is 0 Å². The topological polar surface area (TPSA) is 90.4 Å². The first kappa shape index (κ1) is 30.0. The van der Waals surface area contributed by atoms with Gasteiger partial charge in [-0.2, -0.15) is 0 Å². The van der Waals surface area contributed by atoms with E-state index in [1.807, 2.05) is 30.3 Å². The zero-order chi connectivity index (χ0) is 29.9. The second-order valence-corrected chi connectivity index (χ2v) is 11.6. The van der Waals surface area contributed by atoms with Crippen LogP contribution in [0.1, 0.15) is 32.1 Å². The van der Waals surface area contributed by atoms with Crippen molar-refractivity contribution in [2.45, 2.75) is 49.9 Å². The zero-order valence-corrected chi connectivity index (χ0v) is 24.5. The average molecular weight is 592 g/mol. The predicted molar refractivity (Wildman–Crippen MR) is 163 cm³/mol. The molecular formula is C33H38ClN3O5. The normalized spacial score (nSPS) is 25.8. The molecule has 5 atom stereocenters. The number of halogens is 1. The Morgan fingerprint density at radius 1 is 0.976 bits per heavy atom. The van der Waals surface area contributed by atoms with Gasteiger partial charge in [0.15, 0.2) is 0 Å². The standard InChI is InChI=1S/C33H38ClN3O5/c1-3-19-35(24-11-7-5-8-12-24)30(39)27-26-17-18-33(42-26)28(27)31(40)37(21-9-6-10-22-38)29(33)32(41)36(20-4-2)25-15-13-23(34)14-16-25/h3-5,7-8,11-16,26-29,38H,1-2,6,9-10,17-22H2/t26-,27+,28+,29?,33?/m1/s1. The first-order chi connectivity index (χ1) is 20.4. The van der Waals surface area contributed by atoms with Crippen LogP contribution in [-0.2, 0) is 19.1 Å². The highest BCUT2D eigenvalue weighted by Gasteiger charge is 2.74. The van der Waals surface area contributed by atoms with Crippen molar-refractivity contribution in [3.63, 3.8) is 0 Å². The number of aliphatic hydroxyl groups is 1. The molecule has 1 N–H and O–H groups in total. The lowest BCUT2D eigenvalue weighted by atomic mass is 9.70. The molecule has 1 spiro atoms. The van der Waals surface area contributed by atoms with Crippen LogP contribution in [0.5, 0.6) is 0 Å². The number of carbonyl (C=O) groups excluding carboxylic acids is 3. The van der Waals surface area contributed by atoms with E-state index in [0.717, 1.165) is 5.69 Å². The van der Waals surface area contributed by atoms with Gasteiger partial charge in [-0.1, -0.05) is 42.0 Å². The fraction of sp³-hybridized carbons (Fsp3) is 0.424. The molecule has 3 aliphatic rings. The summed E-state index contributed by atoms with van der Waals surface area (Å²) in [4.78, 5) is 48.1. The maximum absolute atomic E-state index is 14.5. The van der Waals surface area contributed by atoms with Gasteiger partial charge in [0, 0.05) is 42.6 Å². The number of hydrogen-bond acceptors (Lipinski definition) is 5. The molecule has 3 aliphatic heterocycles. The van der Waals surface area contributed by atoms with Crippen molar-refractivity contribution in [3.8, 4) is 0 Å². The van der Waals surface area contributed by atoms with E-state index >= 15 is 0 Å². The maximum Gasteiger partial charge on any atom is 0.253 e. The number of nitrogens with zero attached hydrogens (tertiary/aromatic N) is 3. The van der Waals surface area contributed by atoms with Gasteiger partial charge < -0.3 is 24.5 Å². The first-order valence-corrected chi connectivity index (χ1v) is 15.0. The molecule has 0 saturated carbocycles. The molecule has 9 heteroatoms. The number of carbonyl (C=O) groups is 3. The molecule has 0 radical (unpaired) electrons. The van der Waals surface area contributed by atoms with Gasteiger partial charge >= 0.3 is 0 Å². The monoisotopic (exact) mass is 591 g/mol. The summed E-state index contributed by atoms with van der Waals surface area (Å²) in [6, 6.07) is 15.4. The Labute approximate surface area is 252 Å². The second kappa shape index (κ2) is 12.8. The molecule has 0 aromatic heterocycles. The van der Waals surface area contributed by atoms with Crippen LogP contribution in [0.25, 0.3) is 0 Å². The molecule has 3 saturated heterocycles. The number of hydrogen-bond donors (Lipinski definition) is 1. The van der Waals surface area contributed by atoms with Crippen molar-refractivity contribution in [2.75, 3.05) is 36.0 Å². The Hall–Kier alpha value is -3.46. The second-order valence-electron chi connectivity index (χ2n) is 11.2. The predicted octanol–water partition coefficient (Wildman–Crippen LogP) is 4.62. The highest BCUT2D eigenvalue weighted by molar-refractivity contribution is 6.30. The van der Waals surface area contributed by atoms with Crippen LogP contribution in [0.2, 0.25) is 5.02 Å². The van der Waals surface area contributed by atoms with Crippen molar-refractivity contribution in [1.82, 2.24) is 4.90 Å². The number of ether oxygens (including phenoxy) is 1. The minimum atomic E-state index is -1.11. The molecule has 42 heavy (non-hydrogen) atoms. The lowest BCUT2D eigenvalue weighted by Gasteiger charge is -2.37. The van der Waals surface area contributed by atoms with Crippen LogP contribution < -0.4 is 9.80 Å². The van der Waals surface area contributed by atoms with Crippen LogP contribution >= 0.6 is 11.6 Å². The number of anilines is 2. The number of para-hydroxylation sites is 1. The SMILES string of the molecule is C=CCN(C(=O)C1N(CCCCCO)C(=O)[C@@H]2[C@@H](C(=O)N(CC=C)c3ccccc3)[C@H]3CCC12O3)c1ccc(Cl)cc1. The van der Waals surface area contributed by atoms with Crippen molar-refractivity contribution in [2.24, 2.45) is 11.8 Å². The number of likely N-dealkylation sites (tertiary alicyclic amines) is 1.